The molecule has 0 saturated carbocycles. The van der Waals surface area contributed by atoms with Crippen molar-refractivity contribution in [2.45, 2.75) is 13.5 Å². The summed E-state index contributed by atoms with van der Waals surface area (Å²) >= 11 is 0. The number of nitrogens with one attached hydrogen (secondary N) is 2. The lowest BCUT2D eigenvalue weighted by molar-refractivity contribution is -0.117. The van der Waals surface area contributed by atoms with Gasteiger partial charge >= 0.3 is 5.97 Å². The Kier molecular flexibility index (Phi) is 6.61. The van der Waals surface area contributed by atoms with E-state index in [1.54, 1.807) is 55.5 Å². The van der Waals surface area contributed by atoms with Crippen molar-refractivity contribution in [3.05, 3.63) is 65.5 Å². The molecular weight excluding hydrogens is 402 g/mol. The molecule has 0 atom stereocenters. The number of methoxy groups -OCH3 is 2. The minimum atomic E-state index is -0.466. The zero-order valence-electron chi connectivity index (χ0n) is 17.2. The van der Waals surface area contributed by atoms with Crippen LogP contribution in [0.5, 0.6) is 5.75 Å². The van der Waals surface area contributed by atoms with Gasteiger partial charge in [-0.05, 0) is 43.3 Å². The predicted molar refractivity (Wildman–Crippen MR) is 112 cm³/mol. The molecule has 1 heterocycles. The molecule has 3 aromatic rings. The number of ether oxygens (including phenoxy) is 2. The van der Waals surface area contributed by atoms with Gasteiger partial charge in [0.2, 0.25) is 5.91 Å². The standard InChI is InChI=1S/C21H21N5O5/c1-13-19(20(28)23-16-6-4-5-7-17(16)30-2)24-25-26(13)12-18(27)22-15-10-8-14(9-11-15)21(29)31-3/h4-11H,12H2,1-3H3,(H,22,27)(H,23,28). The molecule has 0 unspecified atom stereocenters. The van der Waals surface area contributed by atoms with E-state index in [0.29, 0.717) is 28.4 Å². The van der Waals surface area contributed by atoms with Crippen molar-refractivity contribution in [1.29, 1.82) is 0 Å². The van der Waals surface area contributed by atoms with Crippen LogP contribution >= 0.6 is 0 Å². The van der Waals surface area contributed by atoms with E-state index < -0.39 is 11.9 Å². The number of para-hydroxylation sites is 2. The van der Waals surface area contributed by atoms with Crippen LogP contribution in [0.25, 0.3) is 0 Å². The monoisotopic (exact) mass is 423 g/mol. The van der Waals surface area contributed by atoms with Crippen LogP contribution in [0.3, 0.4) is 0 Å². The van der Waals surface area contributed by atoms with E-state index in [1.807, 2.05) is 0 Å². The number of amides is 2. The maximum atomic E-state index is 12.6. The van der Waals surface area contributed by atoms with E-state index in [-0.39, 0.29) is 18.1 Å². The van der Waals surface area contributed by atoms with Gasteiger partial charge < -0.3 is 20.1 Å². The van der Waals surface area contributed by atoms with Crippen LogP contribution < -0.4 is 15.4 Å². The summed E-state index contributed by atoms with van der Waals surface area (Å²) < 4.78 is 11.2. The number of rotatable bonds is 7. The highest BCUT2D eigenvalue weighted by molar-refractivity contribution is 6.04. The van der Waals surface area contributed by atoms with Gasteiger partial charge in [-0.3, -0.25) is 9.59 Å². The first-order valence-electron chi connectivity index (χ1n) is 9.25. The van der Waals surface area contributed by atoms with E-state index in [2.05, 4.69) is 25.7 Å². The van der Waals surface area contributed by atoms with Crippen molar-refractivity contribution in [2.24, 2.45) is 0 Å². The van der Waals surface area contributed by atoms with Crippen molar-refractivity contribution < 1.29 is 23.9 Å². The molecule has 2 aromatic carbocycles. The Morgan fingerprint density at radius 1 is 1.00 bits per heavy atom. The molecule has 2 N–H and O–H groups in total. The number of hydrogen-bond acceptors (Lipinski definition) is 7. The minimum absolute atomic E-state index is 0.0983. The first-order valence-corrected chi connectivity index (χ1v) is 9.25. The summed E-state index contributed by atoms with van der Waals surface area (Å²) in [5, 5.41) is 13.2. The maximum Gasteiger partial charge on any atom is 0.337 e. The Morgan fingerprint density at radius 3 is 2.39 bits per heavy atom. The van der Waals surface area contributed by atoms with Crippen molar-refractivity contribution in [3.63, 3.8) is 0 Å². The molecular formula is C21H21N5O5. The fourth-order valence-electron chi connectivity index (χ4n) is 2.79. The predicted octanol–water partition coefficient (Wildman–Crippen LogP) is 2.27. The van der Waals surface area contributed by atoms with Crippen LogP contribution in [-0.4, -0.2) is 47.0 Å². The third-order valence-corrected chi connectivity index (χ3v) is 4.44. The van der Waals surface area contributed by atoms with Crippen molar-refractivity contribution in [3.8, 4) is 5.75 Å². The fraction of sp³-hybridized carbons (Fsp3) is 0.190. The lowest BCUT2D eigenvalue weighted by Gasteiger charge is -2.09. The molecule has 10 heteroatoms. The highest BCUT2D eigenvalue weighted by Crippen LogP contribution is 2.23. The second-order valence-corrected chi connectivity index (χ2v) is 6.45. The summed E-state index contributed by atoms with van der Waals surface area (Å²) in [6.45, 7) is 1.51. The van der Waals surface area contributed by atoms with Gasteiger partial charge in [0.1, 0.15) is 12.3 Å². The molecule has 3 rings (SSSR count). The fourth-order valence-corrected chi connectivity index (χ4v) is 2.79. The molecule has 31 heavy (non-hydrogen) atoms. The van der Waals surface area contributed by atoms with Crippen LogP contribution in [0.4, 0.5) is 11.4 Å². The number of nitrogens with zero attached hydrogens (tertiary/aromatic N) is 3. The average molecular weight is 423 g/mol. The number of carbonyl (C=O) groups is 3. The zero-order chi connectivity index (χ0) is 22.4. The molecule has 0 saturated heterocycles. The third kappa shape index (κ3) is 5.04. The van der Waals surface area contributed by atoms with E-state index in [4.69, 9.17) is 4.74 Å². The number of anilines is 2. The third-order valence-electron chi connectivity index (χ3n) is 4.44. The van der Waals surface area contributed by atoms with Gasteiger partial charge in [0.15, 0.2) is 5.69 Å². The Balaban J connectivity index is 1.65. The van der Waals surface area contributed by atoms with Gasteiger partial charge in [-0.2, -0.15) is 0 Å². The highest BCUT2D eigenvalue weighted by Gasteiger charge is 2.19. The van der Waals surface area contributed by atoms with Crippen LogP contribution in [-0.2, 0) is 16.1 Å². The van der Waals surface area contributed by atoms with Crippen molar-refractivity contribution >= 4 is 29.2 Å². The number of esters is 1. The SMILES string of the molecule is COC(=O)c1ccc(NC(=O)Cn2nnc(C(=O)Nc3ccccc3OC)c2C)cc1. The molecule has 0 aliphatic rings. The highest BCUT2D eigenvalue weighted by atomic mass is 16.5. The maximum absolute atomic E-state index is 12.6. The van der Waals surface area contributed by atoms with Crippen LogP contribution in [0.15, 0.2) is 48.5 Å². The Bertz CT molecular complexity index is 1110. The quantitative estimate of drug-likeness (QED) is 0.559. The van der Waals surface area contributed by atoms with E-state index in [0.717, 1.165) is 0 Å². The van der Waals surface area contributed by atoms with E-state index in [1.165, 1.54) is 18.9 Å². The molecule has 2 amide bonds. The minimum Gasteiger partial charge on any atom is -0.495 e. The van der Waals surface area contributed by atoms with Gasteiger partial charge in [0.25, 0.3) is 5.91 Å². The van der Waals surface area contributed by atoms with Gasteiger partial charge in [0, 0.05) is 5.69 Å². The van der Waals surface area contributed by atoms with Crippen LogP contribution in [0, 0.1) is 6.92 Å². The van der Waals surface area contributed by atoms with Gasteiger partial charge in [-0.25, -0.2) is 9.48 Å². The molecule has 160 valence electrons. The lowest BCUT2D eigenvalue weighted by Crippen LogP contribution is -2.21. The summed E-state index contributed by atoms with van der Waals surface area (Å²) in [6.07, 6.45) is 0. The number of carbonyl (C=O) groups excluding carboxylic acids is 3. The molecule has 0 spiro atoms. The summed E-state index contributed by atoms with van der Waals surface area (Å²) in [5.41, 5.74) is 1.91. The Hall–Kier alpha value is -4.21. The first kappa shape index (κ1) is 21.5. The van der Waals surface area contributed by atoms with Crippen molar-refractivity contribution in [2.75, 3.05) is 24.9 Å². The smallest absolute Gasteiger partial charge is 0.337 e. The van der Waals surface area contributed by atoms with E-state index >= 15 is 0 Å². The molecule has 1 aromatic heterocycles. The second-order valence-electron chi connectivity index (χ2n) is 6.45. The molecule has 0 aliphatic carbocycles. The number of benzene rings is 2. The largest absolute Gasteiger partial charge is 0.495 e. The lowest BCUT2D eigenvalue weighted by atomic mass is 10.2. The summed E-state index contributed by atoms with van der Waals surface area (Å²) in [4.78, 5) is 36.4. The van der Waals surface area contributed by atoms with Crippen molar-refractivity contribution in [1.82, 2.24) is 15.0 Å². The van der Waals surface area contributed by atoms with Gasteiger partial charge in [0.05, 0.1) is 31.2 Å². The molecule has 0 fully saturated rings. The van der Waals surface area contributed by atoms with Gasteiger partial charge in [-0.1, -0.05) is 17.3 Å². The number of hydrogen-bond donors (Lipinski definition) is 2. The number of aromatic nitrogens is 3. The molecule has 0 bridgehead atoms. The first-order chi connectivity index (χ1) is 14.9. The summed E-state index contributed by atoms with van der Waals surface area (Å²) in [5.74, 6) is -0.781. The molecule has 0 radical (unpaired) electrons. The van der Waals surface area contributed by atoms with Crippen LogP contribution in [0.1, 0.15) is 26.5 Å². The molecule has 10 nitrogen and oxygen atoms in total. The zero-order valence-corrected chi connectivity index (χ0v) is 17.2. The van der Waals surface area contributed by atoms with Gasteiger partial charge in [-0.15, -0.1) is 5.10 Å². The van der Waals surface area contributed by atoms with Crippen LogP contribution in [0.2, 0.25) is 0 Å². The summed E-state index contributed by atoms with van der Waals surface area (Å²) in [7, 11) is 2.80. The molecule has 0 aliphatic heterocycles. The average Bonchev–Trinajstić information content (AvgIpc) is 3.14. The Labute approximate surface area is 178 Å². The summed E-state index contributed by atoms with van der Waals surface area (Å²) in [6, 6.07) is 13.2. The normalized spacial score (nSPS) is 10.3. The van der Waals surface area contributed by atoms with E-state index in [9.17, 15) is 14.4 Å². The second kappa shape index (κ2) is 9.53. The topological polar surface area (TPSA) is 124 Å². The Morgan fingerprint density at radius 2 is 1.71 bits per heavy atom.